The van der Waals surface area contributed by atoms with E-state index in [0.29, 0.717) is 11.7 Å². The number of nitrogens with zero attached hydrogens (tertiary/aromatic N) is 2. The average molecular weight is 354 g/mol. The lowest BCUT2D eigenvalue weighted by molar-refractivity contribution is 0.0287. The van der Waals surface area contributed by atoms with Crippen molar-refractivity contribution in [1.29, 1.82) is 0 Å². The van der Waals surface area contributed by atoms with Crippen LogP contribution in [0.1, 0.15) is 29.6 Å². The second kappa shape index (κ2) is 5.99. The third-order valence-electron chi connectivity index (χ3n) is 5.52. The van der Waals surface area contributed by atoms with E-state index in [1.54, 1.807) is 6.20 Å². The van der Waals surface area contributed by atoms with Crippen molar-refractivity contribution >= 4 is 28.6 Å². The lowest BCUT2D eigenvalue weighted by atomic mass is 9.92. The van der Waals surface area contributed by atoms with Gasteiger partial charge in [0.05, 0.1) is 21.9 Å². The molecule has 0 N–H and O–H groups in total. The van der Waals surface area contributed by atoms with Crippen LogP contribution in [-0.4, -0.2) is 52.1 Å². The van der Waals surface area contributed by atoms with Gasteiger partial charge < -0.3 is 9.64 Å². The molecule has 0 radical (unpaired) electrons. The lowest BCUT2D eigenvalue weighted by Crippen LogP contribution is -2.60. The monoisotopic (exact) mass is 354 g/mol. The summed E-state index contributed by atoms with van der Waals surface area (Å²) < 4.78 is 6.28. The van der Waals surface area contributed by atoms with Crippen molar-refractivity contribution in [2.75, 3.05) is 25.4 Å². The Labute approximate surface area is 151 Å². The highest BCUT2D eigenvalue weighted by Crippen LogP contribution is 2.46. The predicted molar refractivity (Wildman–Crippen MR) is 99.9 cm³/mol. The zero-order valence-electron chi connectivity index (χ0n) is 14.2. The standard InChI is InChI=1S/C20H22N2O2S/c23-19(16-7-15-3-1-2-4-18(15)21-9-16)22-12-20(13-22)8-17(11-25-20)24-10-14-5-6-14/h1-4,7,9,14,17H,5-6,8,10-13H2/t17-/m1/s1. The molecule has 3 aliphatic rings. The van der Waals surface area contributed by atoms with Crippen molar-refractivity contribution in [2.45, 2.75) is 30.1 Å². The third kappa shape index (κ3) is 3.04. The molecular weight excluding hydrogens is 332 g/mol. The molecule has 1 amide bonds. The second-order valence-electron chi connectivity index (χ2n) is 7.67. The van der Waals surface area contributed by atoms with E-state index in [1.807, 2.05) is 47.0 Å². The fraction of sp³-hybridized carbons (Fsp3) is 0.500. The molecule has 0 bridgehead atoms. The van der Waals surface area contributed by atoms with Gasteiger partial charge in [0.15, 0.2) is 0 Å². The number of amides is 1. The minimum absolute atomic E-state index is 0.104. The molecule has 4 nitrogen and oxygen atoms in total. The number of thioether (sulfide) groups is 1. The smallest absolute Gasteiger partial charge is 0.255 e. The molecule has 1 atom stereocenters. The molecule has 2 aromatic rings. The van der Waals surface area contributed by atoms with Gasteiger partial charge in [-0.2, -0.15) is 0 Å². The van der Waals surface area contributed by atoms with Crippen molar-refractivity contribution in [3.8, 4) is 0 Å². The maximum atomic E-state index is 12.8. The van der Waals surface area contributed by atoms with Crippen molar-refractivity contribution in [3.63, 3.8) is 0 Å². The molecule has 0 unspecified atom stereocenters. The molecule has 3 heterocycles. The van der Waals surface area contributed by atoms with Crippen LogP contribution in [0.5, 0.6) is 0 Å². The van der Waals surface area contributed by atoms with Crippen molar-refractivity contribution in [1.82, 2.24) is 9.88 Å². The van der Waals surface area contributed by atoms with Gasteiger partial charge in [-0.3, -0.25) is 9.78 Å². The molecule has 1 aliphatic carbocycles. The molecule has 130 valence electrons. The number of carbonyl (C=O) groups excluding carboxylic acids is 1. The summed E-state index contributed by atoms with van der Waals surface area (Å²) in [5, 5.41) is 1.02. The van der Waals surface area contributed by atoms with E-state index in [-0.39, 0.29) is 10.7 Å². The number of rotatable bonds is 4. The normalized spacial score (nSPS) is 24.6. The molecule has 5 heteroatoms. The average Bonchev–Trinajstić information content (AvgIpc) is 3.35. The number of hydrogen-bond acceptors (Lipinski definition) is 4. The van der Waals surface area contributed by atoms with Crippen LogP contribution in [-0.2, 0) is 4.74 Å². The van der Waals surface area contributed by atoms with E-state index in [0.717, 1.165) is 48.7 Å². The fourth-order valence-electron chi connectivity index (χ4n) is 3.85. The number of pyridine rings is 1. The first-order valence-electron chi connectivity index (χ1n) is 9.10. The number of hydrogen-bond donors (Lipinski definition) is 0. The quantitative estimate of drug-likeness (QED) is 0.844. The predicted octanol–water partition coefficient (Wildman–Crippen LogP) is 3.36. The van der Waals surface area contributed by atoms with Gasteiger partial charge in [-0.05, 0) is 37.3 Å². The van der Waals surface area contributed by atoms with Crippen molar-refractivity contribution in [3.05, 3.63) is 42.1 Å². The minimum atomic E-state index is 0.104. The van der Waals surface area contributed by atoms with E-state index in [9.17, 15) is 4.79 Å². The number of likely N-dealkylation sites (tertiary alicyclic amines) is 1. The van der Waals surface area contributed by atoms with Crippen LogP contribution >= 0.6 is 11.8 Å². The Morgan fingerprint density at radius 3 is 3.00 bits per heavy atom. The van der Waals surface area contributed by atoms with Crippen LogP contribution in [0.2, 0.25) is 0 Å². The Morgan fingerprint density at radius 1 is 1.32 bits per heavy atom. The SMILES string of the molecule is O=C(c1cnc2ccccc2c1)N1CC2(C[C@@H](OCC3CC3)CS2)C1. The van der Waals surface area contributed by atoms with Crippen LogP contribution in [0.25, 0.3) is 10.9 Å². The largest absolute Gasteiger partial charge is 0.377 e. The topological polar surface area (TPSA) is 42.4 Å². The van der Waals surface area contributed by atoms with Crippen LogP contribution in [0.3, 0.4) is 0 Å². The molecule has 2 saturated heterocycles. The molecule has 2 aliphatic heterocycles. The van der Waals surface area contributed by atoms with Gasteiger partial charge in [0, 0.05) is 37.0 Å². The third-order valence-corrected chi connectivity index (χ3v) is 7.10. The summed E-state index contributed by atoms with van der Waals surface area (Å²) in [6, 6.07) is 9.88. The summed E-state index contributed by atoms with van der Waals surface area (Å²) in [6.07, 6.45) is 5.86. The second-order valence-corrected chi connectivity index (χ2v) is 9.16. The highest BCUT2D eigenvalue weighted by molar-refractivity contribution is 8.01. The van der Waals surface area contributed by atoms with E-state index in [1.165, 1.54) is 12.8 Å². The van der Waals surface area contributed by atoms with Crippen LogP contribution in [0, 0.1) is 5.92 Å². The van der Waals surface area contributed by atoms with Crippen LogP contribution in [0.15, 0.2) is 36.5 Å². The fourth-order valence-corrected chi connectivity index (χ4v) is 5.40. The maximum absolute atomic E-state index is 12.8. The Bertz CT molecular complexity index is 814. The van der Waals surface area contributed by atoms with Gasteiger partial charge in [0.25, 0.3) is 5.91 Å². The van der Waals surface area contributed by atoms with Crippen LogP contribution < -0.4 is 0 Å². The Kier molecular flexibility index (Phi) is 3.75. The summed E-state index contributed by atoms with van der Waals surface area (Å²) in [6.45, 7) is 2.62. The maximum Gasteiger partial charge on any atom is 0.255 e. The van der Waals surface area contributed by atoms with Gasteiger partial charge in [-0.25, -0.2) is 0 Å². The molecule has 5 rings (SSSR count). The summed E-state index contributed by atoms with van der Waals surface area (Å²) in [4.78, 5) is 19.1. The van der Waals surface area contributed by atoms with Crippen molar-refractivity contribution < 1.29 is 9.53 Å². The molecular formula is C20H22N2O2S. The molecule has 1 aromatic carbocycles. The van der Waals surface area contributed by atoms with Gasteiger partial charge in [-0.15, -0.1) is 11.8 Å². The molecule has 3 fully saturated rings. The van der Waals surface area contributed by atoms with Gasteiger partial charge in [-0.1, -0.05) is 18.2 Å². The van der Waals surface area contributed by atoms with E-state index in [2.05, 4.69) is 4.98 Å². The summed E-state index contributed by atoms with van der Waals surface area (Å²) >= 11 is 2.00. The number of aromatic nitrogens is 1. The molecule has 25 heavy (non-hydrogen) atoms. The zero-order chi connectivity index (χ0) is 16.9. The van der Waals surface area contributed by atoms with E-state index >= 15 is 0 Å². The van der Waals surface area contributed by atoms with Gasteiger partial charge >= 0.3 is 0 Å². The number of benzene rings is 1. The van der Waals surface area contributed by atoms with E-state index in [4.69, 9.17) is 4.74 Å². The molecule has 1 spiro atoms. The first-order chi connectivity index (χ1) is 12.2. The number of fused-ring (bicyclic) bond motifs is 1. The van der Waals surface area contributed by atoms with Gasteiger partial charge in [0.2, 0.25) is 0 Å². The Morgan fingerprint density at radius 2 is 2.16 bits per heavy atom. The summed E-state index contributed by atoms with van der Waals surface area (Å²) in [7, 11) is 0. The number of para-hydroxylation sites is 1. The highest BCUT2D eigenvalue weighted by Gasteiger charge is 2.51. The Hall–Kier alpha value is -1.59. The van der Waals surface area contributed by atoms with Gasteiger partial charge in [0.1, 0.15) is 0 Å². The minimum Gasteiger partial charge on any atom is -0.377 e. The zero-order valence-corrected chi connectivity index (χ0v) is 15.0. The number of ether oxygens (including phenoxy) is 1. The van der Waals surface area contributed by atoms with Crippen molar-refractivity contribution in [2.24, 2.45) is 5.92 Å². The first-order valence-corrected chi connectivity index (χ1v) is 10.1. The highest BCUT2D eigenvalue weighted by atomic mass is 32.2. The lowest BCUT2D eigenvalue weighted by Gasteiger charge is -2.47. The first kappa shape index (κ1) is 15.6. The summed E-state index contributed by atoms with van der Waals surface area (Å²) in [5.74, 6) is 2.00. The Balaban J connectivity index is 1.21. The summed E-state index contributed by atoms with van der Waals surface area (Å²) in [5.41, 5.74) is 1.62. The molecule has 1 aromatic heterocycles. The molecule has 1 saturated carbocycles. The van der Waals surface area contributed by atoms with Crippen LogP contribution in [0.4, 0.5) is 0 Å². The van der Waals surface area contributed by atoms with E-state index < -0.39 is 0 Å². The number of carbonyl (C=O) groups is 1.